The minimum atomic E-state index is 0.702. The highest BCUT2D eigenvalue weighted by Gasteiger charge is 2.05. The summed E-state index contributed by atoms with van der Waals surface area (Å²) in [5, 5.41) is 18.5. The summed E-state index contributed by atoms with van der Waals surface area (Å²) in [4.78, 5) is 0. The lowest BCUT2D eigenvalue weighted by Crippen LogP contribution is -2.22. The van der Waals surface area contributed by atoms with E-state index in [2.05, 4.69) is 46.2 Å². The van der Waals surface area contributed by atoms with Gasteiger partial charge < -0.3 is 5.32 Å². The summed E-state index contributed by atoms with van der Waals surface area (Å²) in [5.74, 6) is 0.702. The highest BCUT2D eigenvalue weighted by atomic mass is 32.1. The summed E-state index contributed by atoms with van der Waals surface area (Å²) in [5.41, 5.74) is 1.33. The van der Waals surface area contributed by atoms with Crippen LogP contribution in [-0.2, 0) is 12.8 Å². The average Bonchev–Trinajstić information content (AvgIpc) is 2.97. The predicted molar refractivity (Wildman–Crippen MR) is 78.4 cm³/mol. The van der Waals surface area contributed by atoms with E-state index in [-0.39, 0.29) is 0 Å². The maximum Gasteiger partial charge on any atom is 0.121 e. The summed E-state index contributed by atoms with van der Waals surface area (Å²) in [6.07, 6.45) is 1.90. The van der Waals surface area contributed by atoms with Crippen molar-refractivity contribution < 1.29 is 0 Å². The van der Waals surface area contributed by atoms with Gasteiger partial charge in [-0.1, -0.05) is 13.8 Å². The molecule has 0 saturated carbocycles. The van der Waals surface area contributed by atoms with Gasteiger partial charge in [0, 0.05) is 19.4 Å². The number of hydrogen-bond acceptors (Lipinski definition) is 5. The standard InChI is InChI=1S/C13H19N3S2/c1-10(2)8-14-5-3-12-15-16-13(18-12)7-11-4-6-17-9-11/h4,6,9-10,14H,3,5,7-8H2,1-2H3. The van der Waals surface area contributed by atoms with E-state index in [1.165, 1.54) is 5.56 Å². The zero-order valence-corrected chi connectivity index (χ0v) is 12.5. The van der Waals surface area contributed by atoms with E-state index in [0.717, 1.165) is 35.9 Å². The normalized spacial score (nSPS) is 11.3. The Morgan fingerprint density at radius 3 is 2.83 bits per heavy atom. The molecule has 1 N–H and O–H groups in total. The summed E-state index contributed by atoms with van der Waals surface area (Å²) in [6, 6.07) is 2.15. The van der Waals surface area contributed by atoms with Crippen LogP contribution in [0.1, 0.15) is 29.4 Å². The molecular weight excluding hydrogens is 262 g/mol. The molecular formula is C13H19N3S2. The molecule has 3 nitrogen and oxygen atoms in total. The fourth-order valence-corrected chi connectivity index (χ4v) is 3.16. The number of nitrogens with one attached hydrogen (secondary N) is 1. The lowest BCUT2D eigenvalue weighted by Gasteiger charge is -2.05. The van der Waals surface area contributed by atoms with Crippen molar-refractivity contribution in [1.82, 2.24) is 15.5 Å². The third kappa shape index (κ3) is 4.48. The first kappa shape index (κ1) is 13.6. The largest absolute Gasteiger partial charge is 0.316 e. The van der Waals surface area contributed by atoms with Crippen molar-refractivity contribution >= 4 is 22.7 Å². The Bertz CT molecular complexity index is 449. The van der Waals surface area contributed by atoms with Gasteiger partial charge in [-0.25, -0.2) is 0 Å². The molecule has 0 atom stereocenters. The smallest absolute Gasteiger partial charge is 0.121 e. The van der Waals surface area contributed by atoms with Crippen LogP contribution in [0.25, 0.3) is 0 Å². The van der Waals surface area contributed by atoms with Crippen LogP contribution in [0.2, 0.25) is 0 Å². The molecule has 0 saturated heterocycles. The van der Waals surface area contributed by atoms with Gasteiger partial charge in [-0.05, 0) is 34.9 Å². The molecule has 0 unspecified atom stereocenters. The van der Waals surface area contributed by atoms with E-state index in [0.29, 0.717) is 5.92 Å². The fraction of sp³-hybridized carbons (Fsp3) is 0.538. The van der Waals surface area contributed by atoms with Gasteiger partial charge in [-0.15, -0.1) is 21.5 Å². The number of aromatic nitrogens is 2. The second-order valence-electron chi connectivity index (χ2n) is 4.75. The van der Waals surface area contributed by atoms with Crippen molar-refractivity contribution in [2.45, 2.75) is 26.7 Å². The van der Waals surface area contributed by atoms with Crippen LogP contribution >= 0.6 is 22.7 Å². The summed E-state index contributed by atoms with van der Waals surface area (Å²) >= 11 is 3.46. The molecule has 5 heteroatoms. The van der Waals surface area contributed by atoms with E-state index in [1.54, 1.807) is 22.7 Å². The molecule has 2 heterocycles. The van der Waals surface area contributed by atoms with Crippen LogP contribution in [0.15, 0.2) is 16.8 Å². The highest BCUT2D eigenvalue weighted by molar-refractivity contribution is 7.11. The average molecular weight is 281 g/mol. The van der Waals surface area contributed by atoms with Crippen LogP contribution in [0.3, 0.4) is 0 Å². The Balaban J connectivity index is 1.76. The first-order valence-corrected chi connectivity index (χ1v) is 8.03. The quantitative estimate of drug-likeness (QED) is 0.793. The number of thiophene rings is 1. The Kier molecular flexibility index (Phi) is 5.28. The summed E-state index contributed by atoms with van der Waals surface area (Å²) in [6.45, 7) is 6.50. The Morgan fingerprint density at radius 2 is 2.11 bits per heavy atom. The van der Waals surface area contributed by atoms with Gasteiger partial charge >= 0.3 is 0 Å². The number of rotatable bonds is 7. The Morgan fingerprint density at radius 1 is 1.28 bits per heavy atom. The van der Waals surface area contributed by atoms with E-state index in [9.17, 15) is 0 Å². The van der Waals surface area contributed by atoms with Crippen molar-refractivity contribution in [3.05, 3.63) is 32.4 Å². The molecule has 0 fully saturated rings. The van der Waals surface area contributed by atoms with E-state index >= 15 is 0 Å². The SMILES string of the molecule is CC(C)CNCCc1nnc(Cc2ccsc2)s1. The van der Waals surface area contributed by atoms with Crippen LogP contribution in [-0.4, -0.2) is 23.3 Å². The fourth-order valence-electron chi connectivity index (χ4n) is 1.61. The van der Waals surface area contributed by atoms with Crippen LogP contribution in [0.5, 0.6) is 0 Å². The molecule has 98 valence electrons. The van der Waals surface area contributed by atoms with Crippen LogP contribution in [0.4, 0.5) is 0 Å². The number of nitrogens with zero attached hydrogens (tertiary/aromatic N) is 2. The summed E-state index contributed by atoms with van der Waals surface area (Å²) < 4.78 is 0. The van der Waals surface area contributed by atoms with E-state index in [4.69, 9.17) is 0 Å². The van der Waals surface area contributed by atoms with Crippen molar-refractivity contribution in [3.8, 4) is 0 Å². The maximum absolute atomic E-state index is 4.25. The molecule has 0 aliphatic heterocycles. The second-order valence-corrected chi connectivity index (χ2v) is 6.67. The molecule has 0 aliphatic carbocycles. The second kappa shape index (κ2) is 6.97. The van der Waals surface area contributed by atoms with Crippen LogP contribution < -0.4 is 5.32 Å². The molecule has 2 aromatic rings. The molecule has 0 amide bonds. The molecule has 0 spiro atoms. The first-order chi connectivity index (χ1) is 8.74. The van der Waals surface area contributed by atoms with Crippen molar-refractivity contribution in [2.24, 2.45) is 5.92 Å². The van der Waals surface area contributed by atoms with Crippen LogP contribution in [0, 0.1) is 5.92 Å². The van der Waals surface area contributed by atoms with E-state index in [1.807, 2.05) is 0 Å². The molecule has 0 bridgehead atoms. The van der Waals surface area contributed by atoms with Crippen molar-refractivity contribution in [2.75, 3.05) is 13.1 Å². The van der Waals surface area contributed by atoms with Gasteiger partial charge in [-0.2, -0.15) is 11.3 Å². The van der Waals surface area contributed by atoms with Crippen molar-refractivity contribution in [3.63, 3.8) is 0 Å². The molecule has 0 aromatic carbocycles. The molecule has 2 rings (SSSR count). The maximum atomic E-state index is 4.25. The zero-order chi connectivity index (χ0) is 12.8. The topological polar surface area (TPSA) is 37.8 Å². The lowest BCUT2D eigenvalue weighted by molar-refractivity contribution is 0.553. The Hall–Kier alpha value is -0.780. The third-order valence-corrected chi connectivity index (χ3v) is 4.23. The predicted octanol–water partition coefficient (Wildman–Crippen LogP) is 2.98. The minimum absolute atomic E-state index is 0.702. The third-order valence-electron chi connectivity index (χ3n) is 2.51. The molecule has 2 aromatic heterocycles. The van der Waals surface area contributed by atoms with Gasteiger partial charge in [0.2, 0.25) is 0 Å². The van der Waals surface area contributed by atoms with E-state index < -0.39 is 0 Å². The molecule has 0 radical (unpaired) electrons. The van der Waals surface area contributed by atoms with Gasteiger partial charge in [0.25, 0.3) is 0 Å². The minimum Gasteiger partial charge on any atom is -0.316 e. The van der Waals surface area contributed by atoms with Gasteiger partial charge in [0.15, 0.2) is 0 Å². The monoisotopic (exact) mass is 281 g/mol. The highest BCUT2D eigenvalue weighted by Crippen LogP contribution is 2.16. The molecule has 0 aliphatic rings. The Labute approximate surface area is 116 Å². The van der Waals surface area contributed by atoms with Gasteiger partial charge in [0.1, 0.15) is 10.0 Å². The lowest BCUT2D eigenvalue weighted by atomic mass is 10.2. The zero-order valence-electron chi connectivity index (χ0n) is 10.8. The summed E-state index contributed by atoms with van der Waals surface area (Å²) in [7, 11) is 0. The van der Waals surface area contributed by atoms with Gasteiger partial charge in [-0.3, -0.25) is 0 Å². The van der Waals surface area contributed by atoms with Crippen molar-refractivity contribution in [1.29, 1.82) is 0 Å². The van der Waals surface area contributed by atoms with Gasteiger partial charge in [0.05, 0.1) is 0 Å². The first-order valence-electron chi connectivity index (χ1n) is 6.27. The molecule has 18 heavy (non-hydrogen) atoms. The number of hydrogen-bond donors (Lipinski definition) is 1.